The van der Waals surface area contributed by atoms with E-state index in [4.69, 9.17) is 17.3 Å². The minimum absolute atomic E-state index is 0.0328. The van der Waals surface area contributed by atoms with Gasteiger partial charge in [-0.2, -0.15) is 0 Å². The minimum atomic E-state index is -0.202. The van der Waals surface area contributed by atoms with Crippen molar-refractivity contribution in [3.8, 4) is 0 Å². The molecule has 1 saturated carbocycles. The Morgan fingerprint density at radius 2 is 2.05 bits per heavy atom. The van der Waals surface area contributed by atoms with E-state index >= 15 is 0 Å². The monoisotopic (exact) mass is 308 g/mol. The zero-order valence-corrected chi connectivity index (χ0v) is 13.9. The fraction of sp³-hybridized carbons (Fsp3) is 0.588. The average Bonchev–Trinajstić information content (AvgIpc) is 2.37. The van der Waals surface area contributed by atoms with E-state index < -0.39 is 0 Å². The maximum Gasteiger partial charge on any atom is 0.220 e. The third-order valence-corrected chi connectivity index (χ3v) is 5.43. The molecule has 1 aromatic carbocycles. The number of halogens is 1. The summed E-state index contributed by atoms with van der Waals surface area (Å²) in [7, 11) is 0. The van der Waals surface area contributed by atoms with Gasteiger partial charge in [-0.25, -0.2) is 0 Å². The van der Waals surface area contributed by atoms with Crippen molar-refractivity contribution in [1.82, 2.24) is 4.90 Å². The van der Waals surface area contributed by atoms with Crippen molar-refractivity contribution < 1.29 is 4.79 Å². The number of amides is 1. The van der Waals surface area contributed by atoms with Crippen LogP contribution in [0.5, 0.6) is 0 Å². The predicted octanol–water partition coefficient (Wildman–Crippen LogP) is 3.41. The number of nitrogens with zero attached hydrogens (tertiary/aromatic N) is 1. The van der Waals surface area contributed by atoms with Crippen molar-refractivity contribution in [3.05, 3.63) is 34.9 Å². The van der Waals surface area contributed by atoms with Crippen molar-refractivity contribution >= 4 is 17.5 Å². The molecule has 21 heavy (non-hydrogen) atoms. The zero-order valence-electron chi connectivity index (χ0n) is 13.1. The van der Waals surface area contributed by atoms with Gasteiger partial charge in [0.05, 0.1) is 0 Å². The van der Waals surface area contributed by atoms with Gasteiger partial charge in [0.25, 0.3) is 0 Å². The Kier molecular flexibility index (Phi) is 4.95. The first-order chi connectivity index (χ1) is 9.94. The molecule has 0 radical (unpaired) electrons. The molecule has 3 nitrogen and oxygen atoms in total. The molecule has 0 aliphatic heterocycles. The first kappa shape index (κ1) is 16.3. The van der Waals surface area contributed by atoms with Gasteiger partial charge in [0, 0.05) is 16.5 Å². The number of hydrogen-bond donors (Lipinski definition) is 1. The van der Waals surface area contributed by atoms with Crippen LogP contribution in [0.2, 0.25) is 5.02 Å². The second kappa shape index (κ2) is 6.37. The Morgan fingerprint density at radius 1 is 1.38 bits per heavy atom. The van der Waals surface area contributed by atoms with E-state index in [0.29, 0.717) is 0 Å². The van der Waals surface area contributed by atoms with Crippen LogP contribution in [0.15, 0.2) is 24.3 Å². The molecular formula is C17H25ClN2O. The normalized spacial score (nSPS) is 24.4. The molecule has 1 fully saturated rings. The van der Waals surface area contributed by atoms with Gasteiger partial charge in [-0.15, -0.1) is 0 Å². The molecular weight excluding hydrogens is 284 g/mol. The molecule has 0 bridgehead atoms. The molecule has 4 heteroatoms. The summed E-state index contributed by atoms with van der Waals surface area (Å²) in [6, 6.07) is 8.01. The SMILES string of the molecule is CCN(CC)C(C)(c1cccc(Cl)c1)C1CCC1C(N)=O. The number of hydrogen-bond acceptors (Lipinski definition) is 2. The highest BCUT2D eigenvalue weighted by Crippen LogP contribution is 2.49. The standard InChI is InChI=1S/C17H25ClN2O/c1-4-20(5-2)17(3,12-7-6-8-13(18)11-12)15-10-9-14(15)16(19)21/h6-8,11,14-15H,4-5,9-10H2,1-3H3,(H2,19,21). The van der Waals surface area contributed by atoms with Gasteiger partial charge >= 0.3 is 0 Å². The number of nitrogens with two attached hydrogens (primary N) is 1. The number of rotatable bonds is 6. The third-order valence-electron chi connectivity index (χ3n) is 5.19. The molecule has 0 saturated heterocycles. The number of benzene rings is 1. The van der Waals surface area contributed by atoms with Crippen LogP contribution in [-0.2, 0) is 10.3 Å². The van der Waals surface area contributed by atoms with E-state index in [1.165, 1.54) is 5.56 Å². The molecule has 3 unspecified atom stereocenters. The number of carbonyl (C=O) groups is 1. The van der Waals surface area contributed by atoms with Crippen LogP contribution in [0, 0.1) is 11.8 Å². The van der Waals surface area contributed by atoms with Crippen molar-refractivity contribution in [2.75, 3.05) is 13.1 Å². The lowest BCUT2D eigenvalue weighted by Gasteiger charge is -2.53. The smallest absolute Gasteiger partial charge is 0.220 e. The molecule has 0 aromatic heterocycles. The first-order valence-electron chi connectivity index (χ1n) is 7.75. The molecule has 1 aliphatic rings. The van der Waals surface area contributed by atoms with E-state index in [2.05, 4.69) is 31.7 Å². The van der Waals surface area contributed by atoms with Gasteiger partial charge in [0.1, 0.15) is 0 Å². The van der Waals surface area contributed by atoms with Crippen molar-refractivity contribution in [1.29, 1.82) is 0 Å². The highest BCUT2D eigenvalue weighted by Gasteiger charge is 2.50. The molecule has 1 aromatic rings. The highest BCUT2D eigenvalue weighted by molar-refractivity contribution is 6.30. The summed E-state index contributed by atoms with van der Waals surface area (Å²) in [6.45, 7) is 8.41. The maximum absolute atomic E-state index is 11.7. The minimum Gasteiger partial charge on any atom is -0.369 e. The summed E-state index contributed by atoms with van der Waals surface area (Å²) in [4.78, 5) is 14.1. The van der Waals surface area contributed by atoms with E-state index in [-0.39, 0.29) is 23.3 Å². The Hall–Kier alpha value is -1.06. The van der Waals surface area contributed by atoms with E-state index in [9.17, 15) is 4.79 Å². The molecule has 0 spiro atoms. The van der Waals surface area contributed by atoms with Gasteiger partial charge in [0.15, 0.2) is 0 Å². The Labute approximate surface area is 132 Å². The molecule has 0 heterocycles. The Balaban J connectivity index is 2.47. The molecule has 116 valence electrons. The van der Waals surface area contributed by atoms with Gasteiger partial charge in [-0.05, 0) is 56.5 Å². The molecule has 1 amide bonds. The fourth-order valence-corrected chi connectivity index (χ4v) is 4.02. The van der Waals surface area contributed by atoms with Crippen LogP contribution in [0.1, 0.15) is 39.2 Å². The average molecular weight is 309 g/mol. The van der Waals surface area contributed by atoms with Gasteiger partial charge in [0.2, 0.25) is 5.91 Å². The third kappa shape index (κ3) is 2.82. The van der Waals surface area contributed by atoms with E-state index in [1.54, 1.807) is 0 Å². The summed E-state index contributed by atoms with van der Waals surface area (Å²) < 4.78 is 0. The van der Waals surface area contributed by atoms with E-state index in [1.807, 2.05) is 18.2 Å². The van der Waals surface area contributed by atoms with Crippen molar-refractivity contribution in [2.24, 2.45) is 17.6 Å². The quantitative estimate of drug-likeness (QED) is 0.875. The lowest BCUT2D eigenvalue weighted by Crippen LogP contribution is -2.56. The zero-order chi connectivity index (χ0) is 15.6. The molecule has 2 rings (SSSR count). The lowest BCUT2D eigenvalue weighted by molar-refractivity contribution is -0.132. The van der Waals surface area contributed by atoms with Crippen LogP contribution in [-0.4, -0.2) is 23.9 Å². The van der Waals surface area contributed by atoms with Crippen LogP contribution < -0.4 is 5.73 Å². The largest absolute Gasteiger partial charge is 0.369 e. The summed E-state index contributed by atoms with van der Waals surface area (Å²) in [5.41, 5.74) is 6.57. The van der Waals surface area contributed by atoms with Crippen LogP contribution >= 0.6 is 11.6 Å². The summed E-state index contributed by atoms with van der Waals surface area (Å²) in [5.74, 6) is 0.0506. The summed E-state index contributed by atoms with van der Waals surface area (Å²) in [5, 5.41) is 0.737. The van der Waals surface area contributed by atoms with Gasteiger partial charge < -0.3 is 5.73 Å². The number of carbonyl (C=O) groups excluding carboxylic acids is 1. The number of primary amides is 1. The Morgan fingerprint density at radius 3 is 2.48 bits per heavy atom. The topological polar surface area (TPSA) is 46.3 Å². The van der Waals surface area contributed by atoms with Crippen LogP contribution in [0.4, 0.5) is 0 Å². The summed E-state index contributed by atoms with van der Waals surface area (Å²) in [6.07, 6.45) is 1.94. The molecule has 1 aliphatic carbocycles. The lowest BCUT2D eigenvalue weighted by atomic mass is 9.60. The fourth-order valence-electron chi connectivity index (χ4n) is 3.83. The summed E-state index contributed by atoms with van der Waals surface area (Å²) >= 11 is 6.20. The van der Waals surface area contributed by atoms with Gasteiger partial charge in [-0.1, -0.05) is 37.6 Å². The van der Waals surface area contributed by atoms with Crippen molar-refractivity contribution in [2.45, 2.75) is 39.2 Å². The molecule has 3 atom stereocenters. The van der Waals surface area contributed by atoms with Crippen LogP contribution in [0.25, 0.3) is 0 Å². The maximum atomic E-state index is 11.7. The van der Waals surface area contributed by atoms with Crippen LogP contribution in [0.3, 0.4) is 0 Å². The second-order valence-electron chi connectivity index (χ2n) is 6.02. The van der Waals surface area contributed by atoms with Crippen molar-refractivity contribution in [3.63, 3.8) is 0 Å². The van der Waals surface area contributed by atoms with E-state index in [0.717, 1.165) is 31.0 Å². The van der Waals surface area contributed by atoms with Gasteiger partial charge in [-0.3, -0.25) is 9.69 Å². The first-order valence-corrected chi connectivity index (χ1v) is 8.13. The predicted molar refractivity (Wildman–Crippen MR) is 87.1 cm³/mol. The Bertz CT molecular complexity index is 515. The molecule has 2 N–H and O–H groups in total. The highest BCUT2D eigenvalue weighted by atomic mass is 35.5. The second-order valence-corrected chi connectivity index (χ2v) is 6.46.